The van der Waals surface area contributed by atoms with Crippen LogP contribution in [0.25, 0.3) is 0 Å². The van der Waals surface area contributed by atoms with Gasteiger partial charge < -0.3 is 10.1 Å². The van der Waals surface area contributed by atoms with E-state index in [-0.39, 0.29) is 17.0 Å². The molecular weight excluding hydrogens is 271 g/mol. The zero-order valence-corrected chi connectivity index (χ0v) is 10.5. The first-order valence-electron chi connectivity index (χ1n) is 5.43. The third-order valence-corrected chi connectivity index (χ3v) is 2.14. The molecule has 1 rings (SSSR count). The number of hydrogen-bond acceptors (Lipinski definition) is 4. The van der Waals surface area contributed by atoms with E-state index < -0.39 is 12.8 Å². The van der Waals surface area contributed by atoms with Crippen molar-refractivity contribution in [3.05, 3.63) is 35.5 Å². The smallest absolute Gasteiger partial charge is 0.422 e. The van der Waals surface area contributed by atoms with Crippen LogP contribution in [0.3, 0.4) is 0 Å². The van der Waals surface area contributed by atoms with E-state index in [1.807, 2.05) is 0 Å². The molecule has 0 bridgehead atoms. The second-order valence-electron chi connectivity index (χ2n) is 3.83. The number of nitriles is 2. The fourth-order valence-electron chi connectivity index (χ4n) is 1.27. The van der Waals surface area contributed by atoms with Crippen molar-refractivity contribution in [2.75, 3.05) is 11.9 Å². The molecule has 104 valence electrons. The van der Waals surface area contributed by atoms with Gasteiger partial charge in [-0.1, -0.05) is 6.07 Å². The van der Waals surface area contributed by atoms with Crippen molar-refractivity contribution >= 4 is 5.69 Å². The van der Waals surface area contributed by atoms with Crippen molar-refractivity contribution in [1.29, 1.82) is 10.5 Å². The number of ether oxygens (including phenoxy) is 1. The quantitative estimate of drug-likeness (QED) is 0.860. The maximum atomic E-state index is 12.2. The lowest BCUT2D eigenvalue weighted by atomic mass is 10.2. The molecule has 0 unspecified atom stereocenters. The van der Waals surface area contributed by atoms with Gasteiger partial charge in [0.25, 0.3) is 0 Å². The third-order valence-electron chi connectivity index (χ3n) is 2.14. The Balaban J connectivity index is 2.94. The number of halogens is 3. The first-order chi connectivity index (χ1) is 9.35. The first-order valence-corrected chi connectivity index (χ1v) is 5.43. The highest BCUT2D eigenvalue weighted by molar-refractivity contribution is 5.60. The number of nitrogens with one attached hydrogen (secondary N) is 1. The lowest BCUT2D eigenvalue weighted by molar-refractivity contribution is -0.153. The summed E-state index contributed by atoms with van der Waals surface area (Å²) in [6, 6.07) is 7.85. The number of hydrogen-bond donors (Lipinski definition) is 1. The van der Waals surface area contributed by atoms with Gasteiger partial charge in [0.1, 0.15) is 23.5 Å². The number of nitrogens with zero attached hydrogens (tertiary/aromatic N) is 2. The number of allylic oxidation sites excluding steroid dienone is 1. The average molecular weight is 281 g/mol. The lowest BCUT2D eigenvalue weighted by Gasteiger charge is -2.13. The second-order valence-corrected chi connectivity index (χ2v) is 3.83. The molecule has 0 fully saturated rings. The predicted molar refractivity (Wildman–Crippen MR) is 65.7 cm³/mol. The van der Waals surface area contributed by atoms with Gasteiger partial charge in [-0.25, -0.2) is 0 Å². The molecule has 0 saturated carbocycles. The van der Waals surface area contributed by atoms with E-state index in [1.54, 1.807) is 25.1 Å². The molecule has 1 aromatic carbocycles. The van der Waals surface area contributed by atoms with Gasteiger partial charge in [0.15, 0.2) is 6.61 Å². The van der Waals surface area contributed by atoms with Gasteiger partial charge in [0.05, 0.1) is 5.69 Å². The molecule has 20 heavy (non-hydrogen) atoms. The summed E-state index contributed by atoms with van der Waals surface area (Å²) in [7, 11) is 0. The van der Waals surface area contributed by atoms with Gasteiger partial charge in [-0.05, 0) is 24.6 Å². The summed E-state index contributed by atoms with van der Waals surface area (Å²) in [5, 5.41) is 19.7. The van der Waals surface area contributed by atoms with Crippen molar-refractivity contribution in [3.63, 3.8) is 0 Å². The van der Waals surface area contributed by atoms with Crippen LogP contribution in [0, 0.1) is 29.6 Å². The molecule has 4 nitrogen and oxygen atoms in total. The molecule has 0 aliphatic heterocycles. The predicted octanol–water partition coefficient (Wildman–Crippen LogP) is 3.28. The van der Waals surface area contributed by atoms with Crippen LogP contribution in [0.1, 0.15) is 5.56 Å². The van der Waals surface area contributed by atoms with Crippen LogP contribution in [0.2, 0.25) is 0 Å². The minimum absolute atomic E-state index is 0.00574. The van der Waals surface area contributed by atoms with Crippen LogP contribution in [0.4, 0.5) is 18.9 Å². The molecule has 7 heteroatoms. The van der Waals surface area contributed by atoms with Crippen molar-refractivity contribution < 1.29 is 17.9 Å². The molecule has 0 saturated heterocycles. The Kier molecular flexibility index (Phi) is 4.99. The Morgan fingerprint density at radius 3 is 2.55 bits per heavy atom. The largest absolute Gasteiger partial charge is 0.482 e. The number of benzene rings is 1. The molecule has 0 spiro atoms. The van der Waals surface area contributed by atoms with E-state index >= 15 is 0 Å². The maximum absolute atomic E-state index is 12.2. The highest BCUT2D eigenvalue weighted by atomic mass is 19.4. The zero-order valence-electron chi connectivity index (χ0n) is 10.5. The number of rotatable bonds is 4. The molecule has 0 aliphatic rings. The Hall–Kier alpha value is -2.67. The highest BCUT2D eigenvalue weighted by Crippen LogP contribution is 2.28. The van der Waals surface area contributed by atoms with Gasteiger partial charge in [0, 0.05) is 6.20 Å². The van der Waals surface area contributed by atoms with Crippen LogP contribution < -0.4 is 10.1 Å². The van der Waals surface area contributed by atoms with E-state index in [2.05, 4.69) is 5.32 Å². The minimum atomic E-state index is -4.44. The van der Waals surface area contributed by atoms with E-state index in [0.29, 0.717) is 0 Å². The minimum Gasteiger partial charge on any atom is -0.482 e. The monoisotopic (exact) mass is 281 g/mol. The van der Waals surface area contributed by atoms with Crippen molar-refractivity contribution in [2.24, 2.45) is 0 Å². The fourth-order valence-corrected chi connectivity index (χ4v) is 1.27. The van der Waals surface area contributed by atoms with Crippen molar-refractivity contribution in [2.45, 2.75) is 13.1 Å². The molecule has 0 heterocycles. The van der Waals surface area contributed by atoms with Crippen LogP contribution in [-0.4, -0.2) is 12.8 Å². The second kappa shape index (κ2) is 6.48. The van der Waals surface area contributed by atoms with Crippen LogP contribution in [0.15, 0.2) is 30.0 Å². The molecule has 0 radical (unpaired) electrons. The number of anilines is 1. The fraction of sp³-hybridized carbons (Fsp3) is 0.231. The number of alkyl halides is 3. The first kappa shape index (κ1) is 15.4. The lowest BCUT2D eigenvalue weighted by Crippen LogP contribution is -2.19. The van der Waals surface area contributed by atoms with Crippen molar-refractivity contribution in [1.82, 2.24) is 0 Å². The van der Waals surface area contributed by atoms with Gasteiger partial charge in [-0.3, -0.25) is 0 Å². The summed E-state index contributed by atoms with van der Waals surface area (Å²) in [5.41, 5.74) is 0.757. The Morgan fingerprint density at radius 1 is 1.35 bits per heavy atom. The van der Waals surface area contributed by atoms with Crippen LogP contribution in [-0.2, 0) is 0 Å². The Bertz CT molecular complexity index is 578. The Labute approximate surface area is 113 Å². The normalized spacial score (nSPS) is 10.1. The Morgan fingerprint density at radius 2 is 2.00 bits per heavy atom. The SMILES string of the molecule is Cc1ccc(NC=C(C#N)C#N)c(OCC(F)(F)F)c1. The highest BCUT2D eigenvalue weighted by Gasteiger charge is 2.28. The zero-order chi connectivity index (χ0) is 15.2. The van der Waals surface area contributed by atoms with Crippen LogP contribution in [0.5, 0.6) is 5.75 Å². The summed E-state index contributed by atoms with van der Waals surface area (Å²) in [6.07, 6.45) is -3.34. The molecule has 0 amide bonds. The summed E-state index contributed by atoms with van der Waals surface area (Å²) in [4.78, 5) is 0. The van der Waals surface area contributed by atoms with Gasteiger partial charge in [0.2, 0.25) is 0 Å². The number of aryl methyl sites for hydroxylation is 1. The topological polar surface area (TPSA) is 68.8 Å². The third kappa shape index (κ3) is 4.91. The summed E-state index contributed by atoms with van der Waals surface area (Å²) in [5.74, 6) is -0.00574. The summed E-state index contributed by atoms with van der Waals surface area (Å²) < 4.78 is 41.2. The molecule has 1 N–H and O–H groups in total. The molecule has 0 atom stereocenters. The van der Waals surface area contributed by atoms with E-state index in [9.17, 15) is 13.2 Å². The molecule has 0 aliphatic carbocycles. The van der Waals surface area contributed by atoms with E-state index in [4.69, 9.17) is 15.3 Å². The standard InChI is InChI=1S/C13H10F3N3O/c1-9-2-3-11(19-7-10(5-17)6-18)12(4-9)20-8-13(14,15)16/h2-4,7,19H,8H2,1H3. The van der Waals surface area contributed by atoms with E-state index in [0.717, 1.165) is 11.8 Å². The molecule has 0 aromatic heterocycles. The summed E-state index contributed by atoms with van der Waals surface area (Å²) >= 11 is 0. The van der Waals surface area contributed by atoms with Crippen LogP contribution >= 0.6 is 0 Å². The molecule has 1 aromatic rings. The molecular formula is C13H10F3N3O. The van der Waals surface area contributed by atoms with Gasteiger partial charge in [-0.2, -0.15) is 23.7 Å². The van der Waals surface area contributed by atoms with Gasteiger partial charge >= 0.3 is 6.18 Å². The average Bonchev–Trinajstić information content (AvgIpc) is 2.38. The van der Waals surface area contributed by atoms with Gasteiger partial charge in [-0.15, -0.1) is 0 Å². The summed E-state index contributed by atoms with van der Waals surface area (Å²) in [6.45, 7) is 0.286. The maximum Gasteiger partial charge on any atom is 0.422 e. The van der Waals surface area contributed by atoms with E-state index in [1.165, 1.54) is 12.1 Å². The van der Waals surface area contributed by atoms with Crippen molar-refractivity contribution in [3.8, 4) is 17.9 Å².